The number of aryl methyl sites for hydroxylation is 1. The van der Waals surface area contributed by atoms with Crippen molar-refractivity contribution in [1.29, 1.82) is 0 Å². The Balaban J connectivity index is 1.58. The number of fused-ring (bicyclic) bond motifs is 1. The lowest BCUT2D eigenvalue weighted by molar-refractivity contribution is -0.144. The molecule has 0 saturated heterocycles. The topological polar surface area (TPSA) is 138 Å². The van der Waals surface area contributed by atoms with Crippen LogP contribution in [0.25, 0.3) is 10.9 Å². The number of para-hydroxylation sites is 1. The van der Waals surface area contributed by atoms with Gasteiger partial charge >= 0.3 is 23.9 Å². The van der Waals surface area contributed by atoms with Crippen LogP contribution in [0, 0.1) is 6.92 Å². The number of esters is 3. The predicted octanol–water partition coefficient (Wildman–Crippen LogP) is 2.74. The average molecular weight is 495 g/mol. The van der Waals surface area contributed by atoms with Gasteiger partial charge in [-0.3, -0.25) is 4.79 Å². The highest BCUT2D eigenvalue weighted by molar-refractivity contribution is 6.04. The summed E-state index contributed by atoms with van der Waals surface area (Å²) in [5, 5.41) is 5.80. The van der Waals surface area contributed by atoms with E-state index in [1.54, 1.807) is 54.8 Å². The number of carbonyl (C=O) groups excluding carboxylic acids is 4. The summed E-state index contributed by atoms with van der Waals surface area (Å²) >= 11 is 0. The number of furan rings is 1. The van der Waals surface area contributed by atoms with E-state index in [0.29, 0.717) is 28.0 Å². The van der Waals surface area contributed by atoms with Crippen LogP contribution in [0.2, 0.25) is 0 Å². The van der Waals surface area contributed by atoms with E-state index in [9.17, 15) is 19.2 Å². The van der Waals surface area contributed by atoms with Gasteiger partial charge in [0.05, 0.1) is 30.6 Å². The van der Waals surface area contributed by atoms with Crippen LogP contribution in [-0.2, 0) is 30.3 Å². The van der Waals surface area contributed by atoms with Crippen molar-refractivity contribution in [2.75, 3.05) is 20.3 Å². The number of ether oxygens (including phenoxy) is 3. The second-order valence-corrected chi connectivity index (χ2v) is 7.93. The number of amides is 2. The molecule has 1 atom stereocenters. The molecule has 188 valence electrons. The van der Waals surface area contributed by atoms with Gasteiger partial charge in [-0.05, 0) is 32.0 Å². The Kier molecular flexibility index (Phi) is 7.09. The predicted molar refractivity (Wildman–Crippen MR) is 126 cm³/mol. The minimum atomic E-state index is -0.920. The SMILES string of the molecule is CCOC(=O)C1=C(COC(=O)Cn2cc(C(=O)OC)c3ccccc32)NC(=O)NC1c1ccc(C)o1. The molecule has 0 radical (unpaired) electrons. The van der Waals surface area contributed by atoms with Crippen LogP contribution in [-0.4, -0.2) is 48.8 Å². The molecule has 1 unspecified atom stereocenters. The summed E-state index contributed by atoms with van der Waals surface area (Å²) in [5.41, 5.74) is 1.11. The van der Waals surface area contributed by atoms with E-state index >= 15 is 0 Å². The molecular weight excluding hydrogens is 470 g/mol. The zero-order valence-corrected chi connectivity index (χ0v) is 20.0. The second-order valence-electron chi connectivity index (χ2n) is 7.93. The summed E-state index contributed by atoms with van der Waals surface area (Å²) in [5.74, 6) is -0.933. The highest BCUT2D eigenvalue weighted by Gasteiger charge is 2.36. The maximum atomic E-state index is 12.8. The van der Waals surface area contributed by atoms with Gasteiger partial charge in [0.1, 0.15) is 30.7 Å². The Hall–Kier alpha value is -4.54. The van der Waals surface area contributed by atoms with Gasteiger partial charge in [-0.1, -0.05) is 18.2 Å². The molecule has 2 amide bonds. The van der Waals surface area contributed by atoms with Crippen molar-refractivity contribution in [1.82, 2.24) is 15.2 Å². The Bertz CT molecular complexity index is 1370. The number of nitrogens with one attached hydrogen (secondary N) is 2. The van der Waals surface area contributed by atoms with Gasteiger partial charge < -0.3 is 33.8 Å². The molecular formula is C25H25N3O8. The Morgan fingerprint density at radius 3 is 2.56 bits per heavy atom. The fourth-order valence-corrected chi connectivity index (χ4v) is 3.99. The summed E-state index contributed by atoms with van der Waals surface area (Å²) in [4.78, 5) is 50.0. The highest BCUT2D eigenvalue weighted by Crippen LogP contribution is 2.29. The molecule has 2 aromatic heterocycles. The Morgan fingerprint density at radius 1 is 1.08 bits per heavy atom. The van der Waals surface area contributed by atoms with Crippen LogP contribution < -0.4 is 10.6 Å². The minimum Gasteiger partial charge on any atom is -0.465 e. The molecule has 1 aliphatic rings. The van der Waals surface area contributed by atoms with E-state index in [1.807, 2.05) is 0 Å². The summed E-state index contributed by atoms with van der Waals surface area (Å²) < 4.78 is 22.6. The van der Waals surface area contributed by atoms with Crippen molar-refractivity contribution < 1.29 is 37.8 Å². The van der Waals surface area contributed by atoms with Gasteiger partial charge in [0.15, 0.2) is 0 Å². The molecule has 0 spiro atoms. The molecule has 11 nitrogen and oxygen atoms in total. The summed E-state index contributed by atoms with van der Waals surface area (Å²) in [7, 11) is 1.28. The fraction of sp³-hybridized carbons (Fsp3) is 0.280. The molecule has 1 aliphatic heterocycles. The lowest BCUT2D eigenvalue weighted by Crippen LogP contribution is -2.47. The highest BCUT2D eigenvalue weighted by atomic mass is 16.5. The molecule has 0 saturated carbocycles. The van der Waals surface area contributed by atoms with Gasteiger partial charge in [0, 0.05) is 17.1 Å². The monoisotopic (exact) mass is 495 g/mol. The van der Waals surface area contributed by atoms with Crippen LogP contribution in [0.5, 0.6) is 0 Å². The molecule has 0 aliphatic carbocycles. The molecule has 2 N–H and O–H groups in total. The van der Waals surface area contributed by atoms with Crippen molar-refractivity contribution in [3.05, 3.63) is 70.9 Å². The van der Waals surface area contributed by atoms with E-state index in [-0.39, 0.29) is 31.0 Å². The third-order valence-corrected chi connectivity index (χ3v) is 5.57. The summed E-state index contributed by atoms with van der Waals surface area (Å²) in [6, 6.07) is 8.91. The molecule has 1 aromatic carbocycles. The van der Waals surface area contributed by atoms with Crippen molar-refractivity contribution >= 4 is 34.8 Å². The summed E-state index contributed by atoms with van der Waals surface area (Å²) in [6.07, 6.45) is 1.52. The molecule has 4 rings (SSSR count). The van der Waals surface area contributed by atoms with Gasteiger partial charge in [-0.15, -0.1) is 0 Å². The van der Waals surface area contributed by atoms with Gasteiger partial charge in [-0.25, -0.2) is 14.4 Å². The number of methoxy groups -OCH3 is 1. The summed E-state index contributed by atoms with van der Waals surface area (Å²) in [6.45, 7) is 2.89. The minimum absolute atomic E-state index is 0.0676. The van der Waals surface area contributed by atoms with Gasteiger partial charge in [0.2, 0.25) is 0 Å². The first-order valence-corrected chi connectivity index (χ1v) is 11.2. The number of nitrogens with zero attached hydrogens (tertiary/aromatic N) is 1. The molecule has 3 aromatic rings. The van der Waals surface area contributed by atoms with E-state index < -0.39 is 30.0 Å². The number of benzene rings is 1. The maximum absolute atomic E-state index is 12.8. The van der Waals surface area contributed by atoms with Crippen molar-refractivity contribution in [3.63, 3.8) is 0 Å². The first-order valence-electron chi connectivity index (χ1n) is 11.2. The smallest absolute Gasteiger partial charge is 0.340 e. The van der Waals surface area contributed by atoms with E-state index in [0.717, 1.165) is 0 Å². The molecule has 3 heterocycles. The number of aromatic nitrogens is 1. The molecule has 36 heavy (non-hydrogen) atoms. The average Bonchev–Trinajstić information content (AvgIpc) is 3.46. The van der Waals surface area contributed by atoms with E-state index in [2.05, 4.69) is 10.6 Å². The standard InChI is InChI=1S/C25H25N3O8/c1-4-34-24(31)21-17(26-25(32)27-22(21)19-10-9-14(2)36-19)13-35-20(29)12-28-11-16(23(30)33-3)15-7-5-6-8-18(15)28/h5-11,22H,4,12-13H2,1-3H3,(H2,26,27,32). The Labute approximate surface area is 206 Å². The van der Waals surface area contributed by atoms with Crippen LogP contribution in [0.4, 0.5) is 4.79 Å². The third-order valence-electron chi connectivity index (χ3n) is 5.57. The Morgan fingerprint density at radius 2 is 1.86 bits per heavy atom. The zero-order chi connectivity index (χ0) is 25.8. The normalized spacial score (nSPS) is 15.3. The zero-order valence-electron chi connectivity index (χ0n) is 20.0. The lowest BCUT2D eigenvalue weighted by Gasteiger charge is -2.27. The van der Waals surface area contributed by atoms with Crippen molar-refractivity contribution in [2.45, 2.75) is 26.4 Å². The number of rotatable bonds is 8. The fourth-order valence-electron chi connectivity index (χ4n) is 3.99. The molecule has 11 heteroatoms. The van der Waals surface area contributed by atoms with Crippen molar-refractivity contribution in [2.24, 2.45) is 0 Å². The number of urea groups is 1. The third kappa shape index (κ3) is 4.95. The van der Waals surface area contributed by atoms with E-state index in [4.69, 9.17) is 18.6 Å². The molecule has 0 fully saturated rings. The van der Waals surface area contributed by atoms with Gasteiger partial charge in [-0.2, -0.15) is 0 Å². The molecule has 0 bridgehead atoms. The first kappa shape index (κ1) is 24.6. The maximum Gasteiger partial charge on any atom is 0.340 e. The van der Waals surface area contributed by atoms with E-state index in [1.165, 1.54) is 13.3 Å². The largest absolute Gasteiger partial charge is 0.465 e. The number of carbonyl (C=O) groups is 4. The number of hydrogen-bond acceptors (Lipinski definition) is 8. The van der Waals surface area contributed by atoms with Crippen LogP contribution in [0.3, 0.4) is 0 Å². The second kappa shape index (κ2) is 10.4. The van der Waals surface area contributed by atoms with Gasteiger partial charge in [0.25, 0.3) is 0 Å². The first-order chi connectivity index (χ1) is 17.3. The van der Waals surface area contributed by atoms with Crippen molar-refractivity contribution in [3.8, 4) is 0 Å². The van der Waals surface area contributed by atoms with Crippen LogP contribution >= 0.6 is 0 Å². The van der Waals surface area contributed by atoms with Crippen LogP contribution in [0.1, 0.15) is 34.8 Å². The quantitative estimate of drug-likeness (QED) is 0.359. The van der Waals surface area contributed by atoms with Crippen LogP contribution in [0.15, 0.2) is 58.3 Å². The number of hydrogen-bond donors (Lipinski definition) is 2. The lowest BCUT2D eigenvalue weighted by atomic mass is 10.0.